The summed E-state index contributed by atoms with van der Waals surface area (Å²) < 4.78 is 5.25. The normalized spacial score (nSPS) is 16.7. The summed E-state index contributed by atoms with van der Waals surface area (Å²) in [6.45, 7) is 6.84. The van der Waals surface area contributed by atoms with Crippen molar-refractivity contribution in [2.45, 2.75) is 19.8 Å². The number of benzene rings is 1. The lowest BCUT2D eigenvalue weighted by atomic mass is 10.1. The number of aromatic hydroxyl groups is 1. The van der Waals surface area contributed by atoms with Gasteiger partial charge in [-0.3, -0.25) is 9.79 Å². The lowest BCUT2D eigenvalue weighted by molar-refractivity contribution is 0.0953. The maximum atomic E-state index is 12.0. The molecule has 1 atom stereocenters. The Morgan fingerprint density at radius 1 is 1.41 bits per heavy atom. The van der Waals surface area contributed by atoms with Crippen molar-refractivity contribution >= 4 is 35.8 Å². The fourth-order valence-electron chi connectivity index (χ4n) is 3.04. The summed E-state index contributed by atoms with van der Waals surface area (Å²) in [5.41, 5.74) is 0.461. The van der Waals surface area contributed by atoms with Gasteiger partial charge in [0.1, 0.15) is 5.75 Å². The van der Waals surface area contributed by atoms with Crippen LogP contribution >= 0.6 is 24.0 Å². The molecule has 0 aromatic heterocycles. The van der Waals surface area contributed by atoms with E-state index in [0.29, 0.717) is 24.6 Å². The van der Waals surface area contributed by atoms with Gasteiger partial charge in [0.25, 0.3) is 5.91 Å². The highest BCUT2D eigenvalue weighted by atomic mass is 127. The molecule has 1 heterocycles. The number of methoxy groups -OCH3 is 1. The third kappa shape index (κ3) is 7.92. The van der Waals surface area contributed by atoms with Gasteiger partial charge in [0.05, 0.1) is 6.61 Å². The van der Waals surface area contributed by atoms with Gasteiger partial charge >= 0.3 is 0 Å². The Morgan fingerprint density at radius 3 is 2.93 bits per heavy atom. The molecule has 1 amide bonds. The van der Waals surface area contributed by atoms with Crippen molar-refractivity contribution in [2.75, 3.05) is 46.4 Å². The number of halogens is 1. The molecule has 1 unspecified atom stereocenters. The summed E-state index contributed by atoms with van der Waals surface area (Å²) in [6.07, 6.45) is 1.88. The van der Waals surface area contributed by atoms with Crippen LogP contribution < -0.4 is 10.6 Å². The number of guanidine groups is 1. The molecule has 1 fully saturated rings. The van der Waals surface area contributed by atoms with E-state index >= 15 is 0 Å². The van der Waals surface area contributed by atoms with Crippen molar-refractivity contribution in [3.05, 3.63) is 29.8 Å². The number of nitrogens with one attached hydrogen (secondary N) is 2. The van der Waals surface area contributed by atoms with Crippen molar-refractivity contribution in [2.24, 2.45) is 10.9 Å². The van der Waals surface area contributed by atoms with Crippen LogP contribution in [0.25, 0.3) is 0 Å². The smallest absolute Gasteiger partial charge is 0.251 e. The van der Waals surface area contributed by atoms with Crippen LogP contribution in [0.4, 0.5) is 0 Å². The SMILES string of the molecule is CCNC(=NCCCNC(=O)c1cccc(O)c1)N1CCC(COC)C1.I. The Labute approximate surface area is 178 Å². The average Bonchev–Trinajstić information content (AvgIpc) is 3.09. The molecule has 0 spiro atoms. The number of hydrogen-bond donors (Lipinski definition) is 3. The van der Waals surface area contributed by atoms with E-state index in [1.807, 2.05) is 0 Å². The number of hydrogen-bond acceptors (Lipinski definition) is 4. The lowest BCUT2D eigenvalue weighted by Crippen LogP contribution is -2.40. The highest BCUT2D eigenvalue weighted by molar-refractivity contribution is 14.0. The van der Waals surface area contributed by atoms with Crippen LogP contribution in [0.3, 0.4) is 0 Å². The third-order valence-electron chi connectivity index (χ3n) is 4.31. The van der Waals surface area contributed by atoms with E-state index in [4.69, 9.17) is 4.74 Å². The first-order valence-electron chi connectivity index (χ1n) is 9.23. The monoisotopic (exact) mass is 490 g/mol. The maximum absolute atomic E-state index is 12.0. The van der Waals surface area contributed by atoms with Crippen LogP contribution in [-0.2, 0) is 4.74 Å². The van der Waals surface area contributed by atoms with E-state index in [2.05, 4.69) is 27.4 Å². The van der Waals surface area contributed by atoms with Crippen molar-refractivity contribution in [3.8, 4) is 5.75 Å². The zero-order valence-electron chi connectivity index (χ0n) is 16.1. The predicted molar refractivity (Wildman–Crippen MR) is 118 cm³/mol. The molecule has 0 aliphatic carbocycles. The number of amides is 1. The van der Waals surface area contributed by atoms with Crippen LogP contribution in [0.5, 0.6) is 5.75 Å². The molecular weight excluding hydrogens is 459 g/mol. The Hall–Kier alpha value is -1.55. The van der Waals surface area contributed by atoms with Gasteiger partial charge < -0.3 is 25.4 Å². The minimum absolute atomic E-state index is 0. The second-order valence-electron chi connectivity index (χ2n) is 6.45. The number of phenols is 1. The van der Waals surface area contributed by atoms with Crippen LogP contribution in [0.2, 0.25) is 0 Å². The highest BCUT2D eigenvalue weighted by Gasteiger charge is 2.24. The third-order valence-corrected chi connectivity index (χ3v) is 4.31. The molecule has 27 heavy (non-hydrogen) atoms. The molecule has 152 valence electrons. The summed E-state index contributed by atoms with van der Waals surface area (Å²) in [6, 6.07) is 6.34. The van der Waals surface area contributed by atoms with Crippen molar-refractivity contribution in [1.82, 2.24) is 15.5 Å². The Balaban J connectivity index is 0.00000364. The summed E-state index contributed by atoms with van der Waals surface area (Å²) in [4.78, 5) is 19.0. The number of nitrogens with zero attached hydrogens (tertiary/aromatic N) is 2. The molecule has 2 rings (SSSR count). The Bertz CT molecular complexity index is 612. The molecule has 0 bridgehead atoms. The topological polar surface area (TPSA) is 86.2 Å². The molecule has 0 radical (unpaired) electrons. The first-order chi connectivity index (χ1) is 12.6. The molecule has 1 aromatic carbocycles. The maximum Gasteiger partial charge on any atom is 0.251 e. The minimum Gasteiger partial charge on any atom is -0.508 e. The van der Waals surface area contributed by atoms with Crippen LogP contribution in [0.1, 0.15) is 30.1 Å². The van der Waals surface area contributed by atoms with Crippen LogP contribution in [0.15, 0.2) is 29.3 Å². The number of aliphatic imine (C=N–C) groups is 1. The number of carbonyl (C=O) groups excluding carboxylic acids is 1. The van der Waals surface area contributed by atoms with Crippen molar-refractivity contribution in [1.29, 1.82) is 0 Å². The number of likely N-dealkylation sites (tertiary alicyclic amines) is 1. The Morgan fingerprint density at radius 2 is 2.22 bits per heavy atom. The largest absolute Gasteiger partial charge is 0.508 e. The first-order valence-corrected chi connectivity index (χ1v) is 9.23. The first kappa shape index (κ1) is 23.5. The van der Waals surface area contributed by atoms with E-state index in [0.717, 1.165) is 45.0 Å². The predicted octanol–water partition coefficient (Wildman–Crippen LogP) is 2.06. The van der Waals surface area contributed by atoms with Gasteiger partial charge in [-0.2, -0.15) is 0 Å². The van der Waals surface area contributed by atoms with Crippen LogP contribution in [-0.4, -0.2) is 68.3 Å². The zero-order chi connectivity index (χ0) is 18.8. The van der Waals surface area contributed by atoms with Crippen molar-refractivity contribution < 1.29 is 14.6 Å². The second-order valence-corrected chi connectivity index (χ2v) is 6.45. The van der Waals surface area contributed by atoms with Gasteiger partial charge in [0.2, 0.25) is 0 Å². The summed E-state index contributed by atoms with van der Waals surface area (Å²) in [7, 11) is 1.74. The zero-order valence-corrected chi connectivity index (χ0v) is 18.4. The van der Waals surface area contributed by atoms with E-state index in [1.54, 1.807) is 25.3 Å². The van der Waals surface area contributed by atoms with Gasteiger partial charge in [-0.25, -0.2) is 0 Å². The molecular formula is C19H31IN4O3. The van der Waals surface area contributed by atoms with Gasteiger partial charge in [-0.1, -0.05) is 6.07 Å². The van der Waals surface area contributed by atoms with E-state index < -0.39 is 0 Å². The Kier molecular flexibility index (Phi) is 11.1. The number of phenolic OH excluding ortho intramolecular Hbond substituents is 1. The number of rotatable bonds is 8. The molecule has 1 aliphatic rings. The second kappa shape index (κ2) is 12.8. The van der Waals surface area contributed by atoms with Gasteiger partial charge in [-0.15, -0.1) is 24.0 Å². The highest BCUT2D eigenvalue weighted by Crippen LogP contribution is 2.16. The minimum atomic E-state index is -0.182. The molecule has 1 aliphatic heterocycles. The van der Waals surface area contributed by atoms with Gasteiger partial charge in [-0.05, 0) is 38.0 Å². The molecule has 1 saturated heterocycles. The van der Waals surface area contributed by atoms with Crippen molar-refractivity contribution in [3.63, 3.8) is 0 Å². The summed E-state index contributed by atoms with van der Waals surface area (Å²) in [5.74, 6) is 1.41. The summed E-state index contributed by atoms with van der Waals surface area (Å²) >= 11 is 0. The molecule has 3 N–H and O–H groups in total. The van der Waals surface area contributed by atoms with Crippen LogP contribution in [0, 0.1) is 5.92 Å². The number of carbonyl (C=O) groups is 1. The lowest BCUT2D eigenvalue weighted by Gasteiger charge is -2.21. The van der Waals surface area contributed by atoms with Gasteiger partial charge in [0.15, 0.2) is 5.96 Å². The van der Waals surface area contributed by atoms with Gasteiger partial charge in [0, 0.05) is 51.3 Å². The molecule has 8 heteroatoms. The molecule has 7 nitrogen and oxygen atoms in total. The van der Waals surface area contributed by atoms with E-state index in [1.165, 1.54) is 6.07 Å². The standard InChI is InChI=1S/C19H30N4O3.HI/c1-3-20-19(23-11-8-15(13-23)14-26-2)22-10-5-9-21-18(25)16-6-4-7-17(24)12-16;/h4,6-7,12,15,24H,3,5,8-11,13-14H2,1-2H3,(H,20,22)(H,21,25);1H. The molecule has 1 aromatic rings. The summed E-state index contributed by atoms with van der Waals surface area (Å²) in [5, 5.41) is 15.6. The van der Waals surface area contributed by atoms with E-state index in [9.17, 15) is 9.90 Å². The average molecular weight is 490 g/mol. The fraction of sp³-hybridized carbons (Fsp3) is 0.579. The quantitative estimate of drug-likeness (QED) is 0.225. The molecule has 0 saturated carbocycles. The fourth-order valence-corrected chi connectivity index (χ4v) is 3.04. The number of ether oxygens (including phenoxy) is 1. The van der Waals surface area contributed by atoms with E-state index in [-0.39, 0.29) is 35.6 Å².